The van der Waals surface area contributed by atoms with E-state index < -0.39 is 6.10 Å². The van der Waals surface area contributed by atoms with Crippen molar-refractivity contribution in [2.75, 3.05) is 40.1 Å². The van der Waals surface area contributed by atoms with Gasteiger partial charge in [-0.15, -0.1) is 0 Å². The molecule has 0 heterocycles. The van der Waals surface area contributed by atoms with E-state index in [4.69, 9.17) is 14.2 Å². The smallest absolute Gasteiger partial charge is 0.0897 e. The van der Waals surface area contributed by atoms with Crippen LogP contribution in [0, 0.1) is 0 Å². The molecule has 21 heavy (non-hydrogen) atoms. The second-order valence-electron chi connectivity index (χ2n) is 4.81. The minimum atomic E-state index is -0.506. The average Bonchev–Trinajstić information content (AvgIpc) is 2.48. The third-order valence-electron chi connectivity index (χ3n) is 2.90. The van der Waals surface area contributed by atoms with Crippen molar-refractivity contribution in [2.24, 2.45) is 0 Å². The fourth-order valence-corrected chi connectivity index (χ4v) is 1.92. The molecule has 0 fully saturated rings. The fourth-order valence-electron chi connectivity index (χ4n) is 1.92. The van der Waals surface area contributed by atoms with Crippen LogP contribution < -0.4 is 5.32 Å². The largest absolute Gasteiger partial charge is 0.389 e. The molecular formula is C16H27NO4. The maximum atomic E-state index is 9.77. The number of benzene rings is 1. The summed E-state index contributed by atoms with van der Waals surface area (Å²) < 4.78 is 15.6. The van der Waals surface area contributed by atoms with Gasteiger partial charge in [-0.2, -0.15) is 0 Å². The van der Waals surface area contributed by atoms with Crippen LogP contribution in [0.3, 0.4) is 0 Å². The molecule has 0 aromatic heterocycles. The lowest BCUT2D eigenvalue weighted by atomic mass is 10.1. The second-order valence-corrected chi connectivity index (χ2v) is 4.81. The number of ether oxygens (including phenoxy) is 3. The van der Waals surface area contributed by atoms with Crippen molar-refractivity contribution in [3.63, 3.8) is 0 Å². The maximum absolute atomic E-state index is 9.77. The number of hydrogen-bond donors (Lipinski definition) is 2. The highest BCUT2D eigenvalue weighted by Crippen LogP contribution is 2.06. The summed E-state index contributed by atoms with van der Waals surface area (Å²) in [5.41, 5.74) is 2.32. The summed E-state index contributed by atoms with van der Waals surface area (Å²) in [6.45, 7) is 5.88. The standard InChI is InChI=1S/C16H27NO4/c1-3-20-7-8-21-13-16(18)11-17-10-14-5-4-6-15(9-14)12-19-2/h4-6,9,16-18H,3,7-8,10-13H2,1-2H3. The number of aliphatic hydroxyl groups is 1. The molecule has 0 saturated heterocycles. The quantitative estimate of drug-likeness (QED) is 0.570. The minimum absolute atomic E-state index is 0.323. The van der Waals surface area contributed by atoms with Crippen LogP contribution in [0.4, 0.5) is 0 Å². The maximum Gasteiger partial charge on any atom is 0.0897 e. The molecule has 0 aliphatic rings. The zero-order valence-corrected chi connectivity index (χ0v) is 13.0. The van der Waals surface area contributed by atoms with Gasteiger partial charge in [0, 0.05) is 26.8 Å². The van der Waals surface area contributed by atoms with Crippen LogP contribution in [0.15, 0.2) is 24.3 Å². The summed E-state index contributed by atoms with van der Waals surface area (Å²) in [7, 11) is 1.69. The number of aliphatic hydroxyl groups excluding tert-OH is 1. The van der Waals surface area contributed by atoms with Gasteiger partial charge in [0.05, 0.1) is 32.5 Å². The Kier molecular flexibility index (Phi) is 10.0. The average molecular weight is 297 g/mol. The first-order valence-corrected chi connectivity index (χ1v) is 7.37. The number of rotatable bonds is 12. The summed E-state index contributed by atoms with van der Waals surface area (Å²) in [5, 5.41) is 13.0. The van der Waals surface area contributed by atoms with Crippen molar-refractivity contribution in [1.82, 2.24) is 5.32 Å². The molecule has 1 aromatic carbocycles. The van der Waals surface area contributed by atoms with E-state index in [1.807, 2.05) is 19.1 Å². The summed E-state index contributed by atoms with van der Waals surface area (Å²) in [5.74, 6) is 0. The van der Waals surface area contributed by atoms with E-state index in [0.717, 1.165) is 5.56 Å². The number of hydrogen-bond acceptors (Lipinski definition) is 5. The highest BCUT2D eigenvalue weighted by Gasteiger charge is 2.04. The first kappa shape index (κ1) is 18.1. The second kappa shape index (κ2) is 11.7. The molecule has 0 spiro atoms. The summed E-state index contributed by atoms with van der Waals surface area (Å²) in [6.07, 6.45) is -0.506. The van der Waals surface area contributed by atoms with Gasteiger partial charge in [-0.3, -0.25) is 0 Å². The zero-order valence-electron chi connectivity index (χ0n) is 13.0. The van der Waals surface area contributed by atoms with E-state index in [9.17, 15) is 5.11 Å². The SMILES string of the molecule is CCOCCOCC(O)CNCc1cccc(COC)c1. The van der Waals surface area contributed by atoms with Crippen LogP contribution in [0.2, 0.25) is 0 Å². The molecular weight excluding hydrogens is 270 g/mol. The van der Waals surface area contributed by atoms with Gasteiger partial charge >= 0.3 is 0 Å². The zero-order chi connectivity index (χ0) is 15.3. The van der Waals surface area contributed by atoms with Crippen molar-refractivity contribution in [1.29, 1.82) is 0 Å². The van der Waals surface area contributed by atoms with Crippen LogP contribution in [-0.4, -0.2) is 51.3 Å². The van der Waals surface area contributed by atoms with Crippen molar-refractivity contribution in [3.8, 4) is 0 Å². The first-order chi connectivity index (χ1) is 10.3. The van der Waals surface area contributed by atoms with E-state index in [2.05, 4.69) is 17.4 Å². The summed E-state index contributed by atoms with van der Waals surface area (Å²) >= 11 is 0. The Morgan fingerprint density at radius 2 is 1.95 bits per heavy atom. The molecule has 5 heteroatoms. The van der Waals surface area contributed by atoms with E-state index in [1.165, 1.54) is 5.56 Å². The Morgan fingerprint density at radius 1 is 1.19 bits per heavy atom. The van der Waals surface area contributed by atoms with Crippen LogP contribution >= 0.6 is 0 Å². The molecule has 0 aliphatic carbocycles. The van der Waals surface area contributed by atoms with Gasteiger partial charge in [-0.1, -0.05) is 24.3 Å². The minimum Gasteiger partial charge on any atom is -0.389 e. The van der Waals surface area contributed by atoms with Crippen molar-refractivity contribution < 1.29 is 19.3 Å². The van der Waals surface area contributed by atoms with Gasteiger partial charge in [0.1, 0.15) is 0 Å². The molecule has 0 saturated carbocycles. The molecule has 0 radical (unpaired) electrons. The molecule has 1 unspecified atom stereocenters. The lowest BCUT2D eigenvalue weighted by Crippen LogP contribution is -2.30. The van der Waals surface area contributed by atoms with Crippen LogP contribution in [0.1, 0.15) is 18.1 Å². The van der Waals surface area contributed by atoms with Crippen molar-refractivity contribution >= 4 is 0 Å². The third kappa shape index (κ3) is 8.80. The highest BCUT2D eigenvalue weighted by molar-refractivity contribution is 5.22. The lowest BCUT2D eigenvalue weighted by molar-refractivity contribution is 0.00642. The third-order valence-corrected chi connectivity index (χ3v) is 2.90. The van der Waals surface area contributed by atoms with Crippen LogP contribution in [-0.2, 0) is 27.4 Å². The van der Waals surface area contributed by atoms with Gasteiger partial charge in [-0.25, -0.2) is 0 Å². The predicted molar refractivity (Wildman–Crippen MR) is 82.2 cm³/mol. The van der Waals surface area contributed by atoms with Crippen LogP contribution in [0.25, 0.3) is 0 Å². The Morgan fingerprint density at radius 3 is 2.71 bits per heavy atom. The molecule has 5 nitrogen and oxygen atoms in total. The van der Waals surface area contributed by atoms with Crippen LogP contribution in [0.5, 0.6) is 0 Å². The first-order valence-electron chi connectivity index (χ1n) is 7.37. The Bertz CT molecular complexity index is 373. The van der Waals surface area contributed by atoms with Gasteiger partial charge in [0.2, 0.25) is 0 Å². The predicted octanol–water partition coefficient (Wildman–Crippen LogP) is 1.34. The molecule has 0 amide bonds. The monoisotopic (exact) mass is 297 g/mol. The van der Waals surface area contributed by atoms with Gasteiger partial charge < -0.3 is 24.6 Å². The van der Waals surface area contributed by atoms with E-state index in [0.29, 0.717) is 46.1 Å². The Hall–Kier alpha value is -0.980. The number of methoxy groups -OCH3 is 1. The lowest BCUT2D eigenvalue weighted by Gasteiger charge is -2.13. The molecule has 120 valence electrons. The van der Waals surface area contributed by atoms with Crippen molar-refractivity contribution in [3.05, 3.63) is 35.4 Å². The van der Waals surface area contributed by atoms with E-state index in [1.54, 1.807) is 7.11 Å². The van der Waals surface area contributed by atoms with E-state index >= 15 is 0 Å². The van der Waals surface area contributed by atoms with Gasteiger partial charge in [0.25, 0.3) is 0 Å². The normalized spacial score (nSPS) is 12.5. The van der Waals surface area contributed by atoms with Crippen molar-refractivity contribution in [2.45, 2.75) is 26.2 Å². The molecule has 2 N–H and O–H groups in total. The summed E-state index contributed by atoms with van der Waals surface area (Å²) in [4.78, 5) is 0. The molecule has 1 aromatic rings. The highest BCUT2D eigenvalue weighted by atomic mass is 16.5. The molecule has 1 atom stereocenters. The van der Waals surface area contributed by atoms with E-state index in [-0.39, 0.29) is 0 Å². The molecule has 0 bridgehead atoms. The fraction of sp³-hybridized carbons (Fsp3) is 0.625. The molecule has 0 aliphatic heterocycles. The Balaban J connectivity index is 2.13. The molecule has 1 rings (SSSR count). The number of nitrogens with one attached hydrogen (secondary N) is 1. The van der Waals surface area contributed by atoms with Gasteiger partial charge in [-0.05, 0) is 18.1 Å². The topological polar surface area (TPSA) is 60.0 Å². The Labute approximate surface area is 127 Å². The summed E-state index contributed by atoms with van der Waals surface area (Å²) in [6, 6.07) is 8.20. The van der Waals surface area contributed by atoms with Gasteiger partial charge in [0.15, 0.2) is 0 Å².